The Labute approximate surface area is 290 Å². The van der Waals surface area contributed by atoms with Crippen molar-refractivity contribution in [1.82, 2.24) is 24.8 Å². The summed E-state index contributed by atoms with van der Waals surface area (Å²) in [6.45, 7) is 12.0. The third-order valence-electron chi connectivity index (χ3n) is 7.60. The number of sulfonamides is 1. The lowest BCUT2D eigenvalue weighted by atomic mass is 9.98. The Morgan fingerprint density at radius 3 is 2.29 bits per heavy atom. The number of anilines is 3. The van der Waals surface area contributed by atoms with Crippen molar-refractivity contribution >= 4 is 62.7 Å². The van der Waals surface area contributed by atoms with E-state index in [4.69, 9.17) is 26.2 Å². The minimum atomic E-state index is -3.67. The number of aromatic nitrogens is 3. The first-order valence-electron chi connectivity index (χ1n) is 16.0. The molecule has 2 aliphatic heterocycles. The van der Waals surface area contributed by atoms with Crippen LogP contribution in [0.5, 0.6) is 0 Å². The Kier molecular flexibility index (Phi) is 9.94. The molecule has 2 aromatic heterocycles. The van der Waals surface area contributed by atoms with Gasteiger partial charge in [0.2, 0.25) is 10.0 Å². The van der Waals surface area contributed by atoms with Crippen LogP contribution in [0.2, 0.25) is 5.02 Å². The highest BCUT2D eigenvalue weighted by Gasteiger charge is 2.35. The molecule has 0 aliphatic carbocycles. The molecule has 5 rings (SSSR count). The predicted octanol–water partition coefficient (Wildman–Crippen LogP) is 5.18. The number of carbonyl (C=O) groups is 3. The summed E-state index contributed by atoms with van der Waals surface area (Å²) in [6, 6.07) is 7.23. The molecule has 0 bridgehead atoms. The lowest BCUT2D eigenvalue weighted by Crippen LogP contribution is -2.60. The first kappa shape index (κ1) is 36.0. The van der Waals surface area contributed by atoms with Gasteiger partial charge in [-0.05, 0) is 79.0 Å². The molecule has 0 spiro atoms. The Morgan fingerprint density at radius 2 is 1.63 bits per heavy atom. The fourth-order valence-electron chi connectivity index (χ4n) is 5.69. The number of ether oxygens (including phenoxy) is 2. The van der Waals surface area contributed by atoms with Crippen molar-refractivity contribution in [2.75, 3.05) is 40.8 Å². The molecule has 2 aliphatic rings. The highest BCUT2D eigenvalue weighted by molar-refractivity contribution is 7.92. The third kappa shape index (κ3) is 9.23. The van der Waals surface area contributed by atoms with Gasteiger partial charge in [-0.15, -0.1) is 0 Å². The van der Waals surface area contributed by atoms with E-state index >= 15 is 0 Å². The second kappa shape index (κ2) is 13.5. The van der Waals surface area contributed by atoms with Crippen molar-refractivity contribution in [3.05, 3.63) is 46.6 Å². The number of likely N-dealkylation sites (tertiary alicyclic amines) is 1. The molecular formula is C32H43ClN8O7S. The summed E-state index contributed by atoms with van der Waals surface area (Å²) >= 11 is 6.25. The Balaban J connectivity index is 1.47. The highest BCUT2D eigenvalue weighted by Crippen LogP contribution is 2.35. The van der Waals surface area contributed by atoms with E-state index in [0.29, 0.717) is 43.2 Å². The molecule has 0 saturated carbocycles. The molecule has 2 saturated heterocycles. The average molecular weight is 719 g/mol. The zero-order valence-corrected chi connectivity index (χ0v) is 30.2. The SMILES string of the molecule is CC(C)(C)OC(=O)Nc1cc(N2CC(NC(=O)OC(C)(C)C)C2)n2nc([C@@H]3CCCCN3C(=O)c3cc(Cl)ccc3NS(C)(=O)=O)cc2n1. The van der Waals surface area contributed by atoms with E-state index in [2.05, 4.69) is 20.3 Å². The summed E-state index contributed by atoms with van der Waals surface area (Å²) < 4.78 is 39.1. The fourth-order valence-corrected chi connectivity index (χ4v) is 6.44. The monoisotopic (exact) mass is 718 g/mol. The predicted molar refractivity (Wildman–Crippen MR) is 186 cm³/mol. The lowest BCUT2D eigenvalue weighted by molar-refractivity contribution is 0.0494. The number of rotatable bonds is 7. The molecule has 2 fully saturated rings. The van der Waals surface area contributed by atoms with Gasteiger partial charge in [-0.2, -0.15) is 9.61 Å². The zero-order valence-electron chi connectivity index (χ0n) is 28.7. The van der Waals surface area contributed by atoms with Crippen LogP contribution < -0.4 is 20.3 Å². The van der Waals surface area contributed by atoms with Gasteiger partial charge in [0.15, 0.2) is 5.65 Å². The molecular weight excluding hydrogens is 676 g/mol. The molecule has 3 amide bonds. The number of carbonyl (C=O) groups excluding carboxylic acids is 3. The van der Waals surface area contributed by atoms with Crippen molar-refractivity contribution in [3.63, 3.8) is 0 Å². The van der Waals surface area contributed by atoms with Crippen molar-refractivity contribution < 1.29 is 32.3 Å². The van der Waals surface area contributed by atoms with Crippen LogP contribution in [0.3, 0.4) is 0 Å². The number of fused-ring (bicyclic) bond motifs is 1. The van der Waals surface area contributed by atoms with Crippen LogP contribution in [0.25, 0.3) is 5.65 Å². The Bertz CT molecular complexity index is 1860. The van der Waals surface area contributed by atoms with Gasteiger partial charge < -0.3 is 24.6 Å². The average Bonchev–Trinajstić information content (AvgIpc) is 3.36. The second-order valence-corrected chi connectivity index (χ2v) is 16.5. The molecule has 0 unspecified atom stereocenters. The van der Waals surface area contributed by atoms with Gasteiger partial charge in [-0.25, -0.2) is 23.0 Å². The Morgan fingerprint density at radius 1 is 0.959 bits per heavy atom. The number of amides is 3. The van der Waals surface area contributed by atoms with Crippen LogP contribution in [-0.4, -0.2) is 89.1 Å². The maximum Gasteiger partial charge on any atom is 0.413 e. The van der Waals surface area contributed by atoms with Gasteiger partial charge in [0.1, 0.15) is 22.8 Å². The van der Waals surface area contributed by atoms with Gasteiger partial charge in [0.25, 0.3) is 5.91 Å². The van der Waals surface area contributed by atoms with Crippen LogP contribution in [0.4, 0.5) is 26.9 Å². The van der Waals surface area contributed by atoms with E-state index in [9.17, 15) is 22.8 Å². The molecule has 3 N–H and O–H groups in total. The van der Waals surface area contributed by atoms with Crippen LogP contribution in [0.15, 0.2) is 30.3 Å². The smallest absolute Gasteiger partial charge is 0.413 e. The minimum absolute atomic E-state index is 0.125. The van der Waals surface area contributed by atoms with E-state index in [1.165, 1.54) is 18.2 Å². The summed E-state index contributed by atoms with van der Waals surface area (Å²) in [4.78, 5) is 47.4. The number of nitrogens with zero attached hydrogens (tertiary/aromatic N) is 5. The summed E-state index contributed by atoms with van der Waals surface area (Å²) in [6.07, 6.45) is 2.02. The second-order valence-electron chi connectivity index (χ2n) is 14.3. The molecule has 3 aromatic rings. The molecule has 15 nitrogen and oxygen atoms in total. The normalized spacial score (nSPS) is 17.3. The number of piperidine rings is 1. The first-order valence-corrected chi connectivity index (χ1v) is 18.2. The number of hydrogen-bond donors (Lipinski definition) is 3. The van der Waals surface area contributed by atoms with Gasteiger partial charge >= 0.3 is 12.2 Å². The molecule has 17 heteroatoms. The number of halogens is 1. The van der Waals surface area contributed by atoms with Crippen molar-refractivity contribution in [2.45, 2.75) is 84.1 Å². The molecule has 4 heterocycles. The summed E-state index contributed by atoms with van der Waals surface area (Å²) in [5, 5.41) is 10.8. The molecule has 1 aromatic carbocycles. The molecule has 0 radical (unpaired) electrons. The molecule has 1 atom stereocenters. The van der Waals surface area contributed by atoms with Crippen molar-refractivity contribution in [1.29, 1.82) is 0 Å². The highest BCUT2D eigenvalue weighted by atomic mass is 35.5. The lowest BCUT2D eigenvalue weighted by Gasteiger charge is -2.41. The van der Waals surface area contributed by atoms with E-state index in [-0.39, 0.29) is 28.1 Å². The number of nitrogens with one attached hydrogen (secondary N) is 3. The van der Waals surface area contributed by atoms with Crippen LogP contribution >= 0.6 is 11.6 Å². The largest absolute Gasteiger partial charge is 0.444 e. The van der Waals surface area contributed by atoms with E-state index < -0.39 is 45.4 Å². The zero-order chi connectivity index (χ0) is 35.9. The minimum Gasteiger partial charge on any atom is -0.444 e. The summed E-state index contributed by atoms with van der Waals surface area (Å²) in [7, 11) is -3.67. The summed E-state index contributed by atoms with van der Waals surface area (Å²) in [5.74, 6) is 0.445. The summed E-state index contributed by atoms with van der Waals surface area (Å²) in [5.41, 5.74) is -0.117. The van der Waals surface area contributed by atoms with Gasteiger partial charge in [-0.3, -0.25) is 14.8 Å². The van der Waals surface area contributed by atoms with E-state index in [0.717, 1.165) is 19.1 Å². The van der Waals surface area contributed by atoms with Crippen LogP contribution in [0.1, 0.15) is 82.9 Å². The first-order chi connectivity index (χ1) is 22.7. The quantitative estimate of drug-likeness (QED) is 0.295. The van der Waals surface area contributed by atoms with Gasteiger partial charge in [0.05, 0.1) is 35.3 Å². The molecule has 266 valence electrons. The topological polar surface area (TPSA) is 177 Å². The van der Waals surface area contributed by atoms with Gasteiger partial charge in [0, 0.05) is 36.8 Å². The fraction of sp³-hybridized carbons (Fsp3) is 0.531. The number of hydrogen-bond acceptors (Lipinski definition) is 10. The van der Waals surface area contributed by atoms with Crippen LogP contribution in [0, 0.1) is 0 Å². The van der Waals surface area contributed by atoms with Crippen molar-refractivity contribution in [3.8, 4) is 0 Å². The number of benzene rings is 1. The maximum atomic E-state index is 14.1. The maximum absolute atomic E-state index is 14.1. The van der Waals surface area contributed by atoms with Crippen molar-refractivity contribution in [2.24, 2.45) is 0 Å². The van der Waals surface area contributed by atoms with E-state index in [1.54, 1.807) is 63.1 Å². The standard InChI is InChI=1S/C32H43ClN8O7S/c1-31(2,3)47-29(43)34-20-17-39(18-20)27-16-25(36-30(44)48-32(4,5)6)35-26-15-23(37-41(26)27)24-10-8-9-13-40(24)28(42)21-14-19(33)11-12-22(21)38-49(7,45)46/h11-12,14-16,20,24,38H,8-10,13,17-18H2,1-7H3,(H,34,43)(H,35,36,44)/t24-/m0/s1. The Hall–Kier alpha value is -4.31. The van der Waals surface area contributed by atoms with Crippen LogP contribution in [-0.2, 0) is 19.5 Å². The van der Waals surface area contributed by atoms with Gasteiger partial charge in [-0.1, -0.05) is 11.6 Å². The number of alkyl carbamates (subject to hydrolysis) is 1. The molecule has 49 heavy (non-hydrogen) atoms. The third-order valence-corrected chi connectivity index (χ3v) is 8.42. The van der Waals surface area contributed by atoms with E-state index in [1.807, 2.05) is 4.90 Å².